The predicted molar refractivity (Wildman–Crippen MR) is 76.0 cm³/mol. The summed E-state index contributed by atoms with van der Waals surface area (Å²) in [6.07, 6.45) is 3.17. The fourth-order valence-electron chi connectivity index (χ4n) is 1.33. The highest BCUT2D eigenvalue weighted by Crippen LogP contribution is 2.29. The minimum Gasteiger partial charge on any atom is -0.465 e. The number of halogens is 1. The molecule has 0 spiro atoms. The van der Waals surface area contributed by atoms with Crippen molar-refractivity contribution in [3.63, 3.8) is 0 Å². The van der Waals surface area contributed by atoms with Crippen molar-refractivity contribution in [1.82, 2.24) is 9.97 Å². The quantitative estimate of drug-likeness (QED) is 0.866. The molecule has 2 rings (SSSR count). The van der Waals surface area contributed by atoms with E-state index in [1.54, 1.807) is 12.3 Å². The number of anilines is 1. The molecule has 2 aromatic heterocycles. The number of nitrogens with zero attached hydrogens (tertiary/aromatic N) is 2. The lowest BCUT2D eigenvalue weighted by Gasteiger charge is -2.07. The van der Waals surface area contributed by atoms with Crippen LogP contribution in [0.3, 0.4) is 0 Å². The van der Waals surface area contributed by atoms with E-state index in [0.717, 1.165) is 9.50 Å². The van der Waals surface area contributed by atoms with Crippen LogP contribution in [0.1, 0.15) is 10.4 Å². The Labute approximate surface area is 122 Å². The van der Waals surface area contributed by atoms with E-state index in [9.17, 15) is 4.79 Å². The highest BCUT2D eigenvalue weighted by atomic mass is 79.9. The molecule has 0 aromatic carbocycles. The molecule has 0 radical (unpaired) electrons. The van der Waals surface area contributed by atoms with E-state index in [2.05, 4.69) is 25.9 Å². The average Bonchev–Trinajstić information content (AvgIpc) is 2.42. The number of nitrogens with two attached hydrogens (primary N) is 1. The van der Waals surface area contributed by atoms with Gasteiger partial charge in [0.15, 0.2) is 0 Å². The van der Waals surface area contributed by atoms with Gasteiger partial charge in [0.25, 0.3) is 0 Å². The minimum atomic E-state index is -0.473. The van der Waals surface area contributed by atoms with Crippen molar-refractivity contribution >= 4 is 39.3 Å². The van der Waals surface area contributed by atoms with E-state index in [1.165, 1.54) is 25.1 Å². The minimum absolute atomic E-state index is 0.331. The second-order valence-electron chi connectivity index (χ2n) is 3.53. The molecule has 0 unspecified atom stereocenters. The first kappa shape index (κ1) is 13.8. The highest BCUT2D eigenvalue weighted by molar-refractivity contribution is 9.10. The maximum atomic E-state index is 11.7. The topological polar surface area (TPSA) is 78.1 Å². The fourth-order valence-corrected chi connectivity index (χ4v) is 2.36. The van der Waals surface area contributed by atoms with Crippen LogP contribution in [0, 0.1) is 0 Å². The number of carbonyl (C=O) groups excluding carboxylic acids is 1. The van der Waals surface area contributed by atoms with Crippen molar-refractivity contribution in [1.29, 1.82) is 0 Å². The van der Waals surface area contributed by atoms with Gasteiger partial charge < -0.3 is 10.5 Å². The molecule has 7 heteroatoms. The van der Waals surface area contributed by atoms with Gasteiger partial charge in [-0.25, -0.2) is 14.8 Å². The SMILES string of the molecule is COC(=O)c1cc(N)cnc1Sc1ccc(Br)cn1. The van der Waals surface area contributed by atoms with E-state index >= 15 is 0 Å². The molecular weight excluding hydrogens is 330 g/mol. The first-order chi connectivity index (χ1) is 9.10. The van der Waals surface area contributed by atoms with Crippen LogP contribution in [0.4, 0.5) is 5.69 Å². The lowest BCUT2D eigenvalue weighted by Crippen LogP contribution is -2.05. The molecule has 0 saturated heterocycles. The van der Waals surface area contributed by atoms with E-state index in [4.69, 9.17) is 10.5 Å². The summed E-state index contributed by atoms with van der Waals surface area (Å²) < 4.78 is 5.60. The maximum absolute atomic E-state index is 11.7. The van der Waals surface area contributed by atoms with Gasteiger partial charge in [0.2, 0.25) is 0 Å². The molecule has 0 amide bonds. The number of ether oxygens (including phenoxy) is 1. The van der Waals surface area contributed by atoms with Crippen LogP contribution in [-0.2, 0) is 4.74 Å². The molecule has 2 heterocycles. The predicted octanol–water partition coefficient (Wildman–Crippen LogP) is 2.76. The summed E-state index contributed by atoms with van der Waals surface area (Å²) in [5.41, 5.74) is 6.37. The normalized spacial score (nSPS) is 10.2. The molecule has 0 saturated carbocycles. The Hall–Kier alpha value is -1.60. The number of hydrogen-bond acceptors (Lipinski definition) is 6. The summed E-state index contributed by atoms with van der Waals surface area (Å²) in [6.45, 7) is 0. The van der Waals surface area contributed by atoms with Crippen LogP contribution in [0.25, 0.3) is 0 Å². The van der Waals surface area contributed by atoms with Gasteiger partial charge in [0.1, 0.15) is 10.1 Å². The van der Waals surface area contributed by atoms with Crippen LogP contribution < -0.4 is 5.73 Å². The lowest BCUT2D eigenvalue weighted by molar-refractivity contribution is 0.0596. The summed E-state index contributed by atoms with van der Waals surface area (Å²) in [4.78, 5) is 20.0. The Morgan fingerprint density at radius 3 is 2.79 bits per heavy atom. The van der Waals surface area contributed by atoms with Crippen LogP contribution in [0.2, 0.25) is 0 Å². The Kier molecular flexibility index (Phi) is 4.39. The second kappa shape index (κ2) is 6.03. The van der Waals surface area contributed by atoms with Gasteiger partial charge in [-0.2, -0.15) is 0 Å². The molecule has 0 aliphatic rings. The van der Waals surface area contributed by atoms with Gasteiger partial charge in [0.05, 0.1) is 24.6 Å². The van der Waals surface area contributed by atoms with Gasteiger partial charge in [-0.05, 0) is 45.9 Å². The average molecular weight is 340 g/mol. The molecule has 0 atom stereocenters. The largest absolute Gasteiger partial charge is 0.465 e. The van der Waals surface area contributed by atoms with Crippen LogP contribution in [0.15, 0.2) is 45.1 Å². The first-order valence-electron chi connectivity index (χ1n) is 5.23. The molecule has 0 aliphatic heterocycles. The molecule has 0 aliphatic carbocycles. The number of pyridine rings is 2. The molecule has 5 nitrogen and oxygen atoms in total. The van der Waals surface area contributed by atoms with Crippen LogP contribution in [0.5, 0.6) is 0 Å². The standard InChI is InChI=1S/C12H10BrN3O2S/c1-18-12(17)9-4-8(14)6-16-11(9)19-10-3-2-7(13)5-15-10/h2-6H,14H2,1H3. The van der Waals surface area contributed by atoms with Gasteiger partial charge in [0, 0.05) is 10.7 Å². The van der Waals surface area contributed by atoms with Crippen LogP contribution >= 0.6 is 27.7 Å². The number of carbonyl (C=O) groups is 1. The molecule has 0 bridgehead atoms. The zero-order valence-corrected chi connectivity index (χ0v) is 12.4. The van der Waals surface area contributed by atoms with Gasteiger partial charge in [-0.3, -0.25) is 0 Å². The first-order valence-corrected chi connectivity index (χ1v) is 6.84. The molecule has 2 N–H and O–H groups in total. The monoisotopic (exact) mass is 339 g/mol. The Morgan fingerprint density at radius 2 is 2.16 bits per heavy atom. The Morgan fingerprint density at radius 1 is 1.37 bits per heavy atom. The third-order valence-corrected chi connectivity index (χ3v) is 3.62. The fraction of sp³-hybridized carbons (Fsp3) is 0.0833. The van der Waals surface area contributed by atoms with E-state index in [1.807, 2.05) is 12.1 Å². The van der Waals surface area contributed by atoms with E-state index < -0.39 is 5.97 Å². The maximum Gasteiger partial charge on any atom is 0.340 e. The van der Waals surface area contributed by atoms with Crippen molar-refractivity contribution in [2.24, 2.45) is 0 Å². The molecule has 19 heavy (non-hydrogen) atoms. The molecule has 0 fully saturated rings. The number of nitrogen functional groups attached to an aromatic ring is 1. The molecule has 2 aromatic rings. The number of methoxy groups -OCH3 is 1. The van der Waals surface area contributed by atoms with Gasteiger partial charge in [-0.15, -0.1) is 0 Å². The summed E-state index contributed by atoms with van der Waals surface area (Å²) >= 11 is 4.59. The number of hydrogen-bond donors (Lipinski definition) is 1. The molecular formula is C12H10BrN3O2S. The van der Waals surface area contributed by atoms with Crippen LogP contribution in [-0.4, -0.2) is 23.0 Å². The lowest BCUT2D eigenvalue weighted by atomic mass is 10.3. The van der Waals surface area contributed by atoms with Crippen molar-refractivity contribution < 1.29 is 9.53 Å². The Balaban J connectivity index is 2.34. The summed E-state index contributed by atoms with van der Waals surface area (Å²) in [7, 11) is 1.32. The molecule has 98 valence electrons. The van der Waals surface area contributed by atoms with Gasteiger partial charge >= 0.3 is 5.97 Å². The second-order valence-corrected chi connectivity index (χ2v) is 5.45. The van der Waals surface area contributed by atoms with E-state index in [0.29, 0.717) is 16.3 Å². The summed E-state index contributed by atoms with van der Waals surface area (Å²) in [5.74, 6) is -0.473. The number of rotatable bonds is 3. The van der Waals surface area contributed by atoms with E-state index in [-0.39, 0.29) is 0 Å². The Bertz CT molecular complexity index is 604. The summed E-state index contributed by atoms with van der Waals surface area (Å²) in [5, 5.41) is 1.24. The number of esters is 1. The smallest absolute Gasteiger partial charge is 0.340 e. The highest BCUT2D eigenvalue weighted by Gasteiger charge is 2.15. The van der Waals surface area contributed by atoms with Crippen molar-refractivity contribution in [3.8, 4) is 0 Å². The zero-order chi connectivity index (χ0) is 13.8. The summed E-state index contributed by atoms with van der Waals surface area (Å²) in [6, 6.07) is 5.23. The van der Waals surface area contributed by atoms with Gasteiger partial charge in [-0.1, -0.05) is 0 Å². The van der Waals surface area contributed by atoms with Crippen molar-refractivity contribution in [3.05, 3.63) is 40.6 Å². The number of aromatic nitrogens is 2. The third-order valence-electron chi connectivity index (χ3n) is 2.18. The zero-order valence-electron chi connectivity index (χ0n) is 9.96. The van der Waals surface area contributed by atoms with Crippen molar-refractivity contribution in [2.45, 2.75) is 10.1 Å². The third kappa shape index (κ3) is 3.45. The van der Waals surface area contributed by atoms with Crippen molar-refractivity contribution in [2.75, 3.05) is 12.8 Å².